The monoisotopic (exact) mass is 594 g/mol. The van der Waals surface area contributed by atoms with E-state index in [4.69, 9.17) is 13.9 Å². The summed E-state index contributed by atoms with van der Waals surface area (Å²) in [5.41, 5.74) is 0.830. The number of esters is 1. The van der Waals surface area contributed by atoms with Gasteiger partial charge in [-0.1, -0.05) is 74.4 Å². The Morgan fingerprint density at radius 2 is 1.85 bits per heavy atom. The maximum Gasteiger partial charge on any atom is 0.338 e. The number of hydrogen-bond acceptors (Lipinski definition) is 8. The van der Waals surface area contributed by atoms with Crippen molar-refractivity contribution >= 4 is 35.9 Å². The fourth-order valence-corrected chi connectivity index (χ4v) is 7.13. The van der Waals surface area contributed by atoms with Crippen LogP contribution in [0.5, 0.6) is 0 Å². The van der Waals surface area contributed by atoms with Crippen LogP contribution in [0.1, 0.15) is 80.9 Å². The van der Waals surface area contributed by atoms with Gasteiger partial charge in [-0.3, -0.25) is 14.3 Å². The zero-order valence-electron chi connectivity index (χ0n) is 24.4. The third-order valence-corrected chi connectivity index (χ3v) is 15.2. The number of H-pyrrole nitrogens is 1. The summed E-state index contributed by atoms with van der Waals surface area (Å²) >= 11 is 0. The summed E-state index contributed by atoms with van der Waals surface area (Å²) in [4.78, 5) is 40.4. The second kappa shape index (κ2) is 12.8. The highest BCUT2D eigenvalue weighted by molar-refractivity contribution is 8.77. The number of aromatic amines is 1. The highest BCUT2D eigenvalue weighted by Gasteiger charge is 2.43. The highest BCUT2D eigenvalue weighted by Crippen LogP contribution is 2.42. The molecule has 1 aliphatic heterocycles. The van der Waals surface area contributed by atoms with Crippen LogP contribution in [-0.4, -0.2) is 47.9 Å². The molecule has 2 aromatic rings. The third kappa shape index (κ3) is 7.91. The van der Waals surface area contributed by atoms with Gasteiger partial charge in [-0.25, -0.2) is 9.59 Å². The summed E-state index contributed by atoms with van der Waals surface area (Å²) in [5.74, 6) is -0.427. The SMILES string of the molecule is Cc1cn([C@H]2C[C@@H](OC(=O)c3ccccc3C(C)SSC(C)C)[C@@H](CO[Si](C)(C)C(C)(C)C)O2)c(=O)[nH]c1=O. The van der Waals surface area contributed by atoms with Crippen molar-refractivity contribution < 1.29 is 18.7 Å². The maximum atomic E-state index is 13.5. The summed E-state index contributed by atoms with van der Waals surface area (Å²) < 4.78 is 20.2. The molecule has 1 fully saturated rings. The molecule has 0 saturated carbocycles. The molecule has 0 bridgehead atoms. The number of rotatable bonds is 10. The smallest absolute Gasteiger partial charge is 0.338 e. The fourth-order valence-electron chi connectivity index (χ4n) is 3.94. The van der Waals surface area contributed by atoms with Gasteiger partial charge in [-0.2, -0.15) is 0 Å². The lowest BCUT2D eigenvalue weighted by atomic mass is 10.0. The van der Waals surface area contributed by atoms with Crippen LogP contribution in [0.3, 0.4) is 0 Å². The molecule has 1 N–H and O–H groups in total. The van der Waals surface area contributed by atoms with Crippen LogP contribution in [0.4, 0.5) is 0 Å². The number of nitrogens with zero attached hydrogens (tertiary/aromatic N) is 1. The molecular formula is C28H42N2O6S2Si. The van der Waals surface area contributed by atoms with Crippen molar-refractivity contribution in [3.63, 3.8) is 0 Å². The maximum absolute atomic E-state index is 13.5. The summed E-state index contributed by atoms with van der Waals surface area (Å²) in [6, 6.07) is 7.52. The Morgan fingerprint density at radius 3 is 2.49 bits per heavy atom. The standard InChI is InChI=1S/C28H42N2O6S2Si/c1-17(2)37-38-19(4)20-12-10-11-13-21(20)26(32)36-22-14-24(30-15-18(3)25(31)29-27(30)33)35-23(22)16-34-39(8,9)28(5,6)7/h10-13,15,17,19,22-24H,14,16H2,1-9H3,(H,29,31,33)/t19?,22-,23-,24-/m1/s1. The molecule has 1 aromatic heterocycles. The van der Waals surface area contributed by atoms with Gasteiger partial charge in [0.25, 0.3) is 5.56 Å². The number of benzene rings is 1. The summed E-state index contributed by atoms with van der Waals surface area (Å²) in [7, 11) is 1.38. The topological polar surface area (TPSA) is 99.6 Å². The average molecular weight is 595 g/mol. The molecule has 39 heavy (non-hydrogen) atoms. The average Bonchev–Trinajstić information content (AvgIpc) is 3.24. The molecule has 0 spiro atoms. The second-order valence-electron chi connectivity index (χ2n) is 11.8. The van der Waals surface area contributed by atoms with Gasteiger partial charge in [0.05, 0.1) is 12.2 Å². The first-order valence-electron chi connectivity index (χ1n) is 13.3. The Bertz CT molecular complexity index is 1270. The predicted octanol–water partition coefficient (Wildman–Crippen LogP) is 6.23. The highest BCUT2D eigenvalue weighted by atomic mass is 33.1. The normalized spacial score (nSPS) is 20.8. The molecule has 0 amide bonds. The van der Waals surface area contributed by atoms with Crippen LogP contribution in [0.2, 0.25) is 18.1 Å². The summed E-state index contributed by atoms with van der Waals surface area (Å²) in [6.45, 7) is 19.0. The van der Waals surface area contributed by atoms with Gasteiger partial charge in [0.1, 0.15) is 18.4 Å². The minimum absolute atomic E-state index is 0.00904. The molecule has 1 unspecified atom stereocenters. The van der Waals surface area contributed by atoms with Gasteiger partial charge in [0.15, 0.2) is 8.32 Å². The van der Waals surface area contributed by atoms with Crippen LogP contribution < -0.4 is 11.2 Å². The van der Waals surface area contributed by atoms with Crippen molar-refractivity contribution in [2.75, 3.05) is 6.61 Å². The zero-order valence-corrected chi connectivity index (χ0v) is 27.0. The van der Waals surface area contributed by atoms with E-state index in [-0.39, 0.29) is 23.3 Å². The van der Waals surface area contributed by atoms with Gasteiger partial charge in [-0.05, 0) is 43.6 Å². The zero-order chi connectivity index (χ0) is 29.1. The van der Waals surface area contributed by atoms with Crippen molar-refractivity contribution in [1.82, 2.24) is 9.55 Å². The van der Waals surface area contributed by atoms with Crippen LogP contribution in [0.25, 0.3) is 0 Å². The molecular weight excluding hydrogens is 553 g/mol. The van der Waals surface area contributed by atoms with Crippen molar-refractivity contribution in [3.8, 4) is 0 Å². The Hall–Kier alpha value is -1.79. The van der Waals surface area contributed by atoms with Crippen LogP contribution in [0, 0.1) is 6.92 Å². The number of carbonyl (C=O) groups excluding carboxylic acids is 1. The van der Waals surface area contributed by atoms with Crippen LogP contribution in [0.15, 0.2) is 40.1 Å². The van der Waals surface area contributed by atoms with Gasteiger partial charge in [0.2, 0.25) is 0 Å². The van der Waals surface area contributed by atoms with Gasteiger partial charge in [0, 0.05) is 28.7 Å². The molecule has 1 aromatic carbocycles. The van der Waals surface area contributed by atoms with E-state index in [9.17, 15) is 14.4 Å². The molecule has 4 atom stereocenters. The minimum Gasteiger partial charge on any atom is -0.456 e. The first kappa shape index (κ1) is 31.7. The Labute approximate surface area is 240 Å². The molecule has 11 heteroatoms. The summed E-state index contributed by atoms with van der Waals surface area (Å²) in [5, 5.41) is 0.546. The van der Waals surface area contributed by atoms with E-state index in [0.717, 1.165) is 5.56 Å². The summed E-state index contributed by atoms with van der Waals surface area (Å²) in [6.07, 6.45) is -0.151. The quantitative estimate of drug-likeness (QED) is 0.196. The third-order valence-electron chi connectivity index (χ3n) is 7.32. The van der Waals surface area contributed by atoms with E-state index in [1.165, 1.54) is 10.8 Å². The van der Waals surface area contributed by atoms with Crippen molar-refractivity contribution in [2.45, 2.75) is 102 Å². The van der Waals surface area contributed by atoms with E-state index in [2.05, 4.69) is 59.6 Å². The van der Waals surface area contributed by atoms with Crippen LogP contribution in [-0.2, 0) is 13.9 Å². The van der Waals surface area contributed by atoms with Crippen molar-refractivity contribution in [1.29, 1.82) is 0 Å². The van der Waals surface area contributed by atoms with Crippen LogP contribution >= 0.6 is 21.6 Å². The van der Waals surface area contributed by atoms with E-state index >= 15 is 0 Å². The number of hydrogen-bond donors (Lipinski definition) is 1. The number of aryl methyl sites for hydroxylation is 1. The molecule has 2 heterocycles. The second-order valence-corrected chi connectivity index (χ2v) is 19.8. The lowest BCUT2D eigenvalue weighted by molar-refractivity contribution is -0.0498. The number of ether oxygens (including phenoxy) is 2. The fraction of sp³-hybridized carbons (Fsp3) is 0.607. The lowest BCUT2D eigenvalue weighted by Crippen LogP contribution is -2.44. The molecule has 1 aliphatic rings. The number of aromatic nitrogens is 2. The Balaban J connectivity index is 1.87. The largest absolute Gasteiger partial charge is 0.456 e. The molecule has 216 valence electrons. The molecule has 8 nitrogen and oxygen atoms in total. The lowest BCUT2D eigenvalue weighted by Gasteiger charge is -2.37. The number of nitrogens with one attached hydrogen (secondary N) is 1. The molecule has 3 rings (SSSR count). The first-order valence-corrected chi connectivity index (χ1v) is 18.5. The first-order chi connectivity index (χ1) is 18.1. The van der Waals surface area contributed by atoms with Crippen molar-refractivity contribution in [2.24, 2.45) is 0 Å². The minimum atomic E-state index is -2.12. The Kier molecular flexibility index (Phi) is 10.4. The molecule has 1 saturated heterocycles. The predicted molar refractivity (Wildman–Crippen MR) is 162 cm³/mol. The number of carbonyl (C=O) groups is 1. The van der Waals surface area contributed by atoms with E-state index in [0.29, 0.717) is 16.4 Å². The van der Waals surface area contributed by atoms with Gasteiger partial charge < -0.3 is 13.9 Å². The van der Waals surface area contributed by atoms with Gasteiger partial charge >= 0.3 is 11.7 Å². The Morgan fingerprint density at radius 1 is 1.18 bits per heavy atom. The van der Waals surface area contributed by atoms with Gasteiger partial charge in [-0.15, -0.1) is 0 Å². The van der Waals surface area contributed by atoms with E-state index in [1.807, 2.05) is 18.2 Å². The molecule has 0 radical (unpaired) electrons. The van der Waals surface area contributed by atoms with E-state index < -0.39 is 44.0 Å². The van der Waals surface area contributed by atoms with E-state index in [1.54, 1.807) is 34.6 Å². The van der Waals surface area contributed by atoms with Crippen molar-refractivity contribution in [3.05, 3.63) is 68.0 Å². The molecule has 0 aliphatic carbocycles.